The molecule has 19 heavy (non-hydrogen) atoms. The first kappa shape index (κ1) is 13.7. The highest BCUT2D eigenvalue weighted by atomic mass is 32.2. The van der Waals surface area contributed by atoms with E-state index in [4.69, 9.17) is 9.52 Å². The van der Waals surface area contributed by atoms with Crippen molar-refractivity contribution in [1.29, 1.82) is 0 Å². The van der Waals surface area contributed by atoms with Crippen molar-refractivity contribution in [3.63, 3.8) is 0 Å². The lowest BCUT2D eigenvalue weighted by atomic mass is 10.1. The maximum absolute atomic E-state index is 10.9. The van der Waals surface area contributed by atoms with Gasteiger partial charge in [0.15, 0.2) is 0 Å². The Morgan fingerprint density at radius 2 is 1.89 bits per heavy atom. The summed E-state index contributed by atoms with van der Waals surface area (Å²) in [6.45, 7) is 4.17. The lowest BCUT2D eigenvalue weighted by Crippen LogP contribution is -1.97. The highest BCUT2D eigenvalue weighted by Crippen LogP contribution is 2.22. The van der Waals surface area contributed by atoms with Crippen LogP contribution in [0.3, 0.4) is 0 Å². The molecule has 0 fully saturated rings. The lowest BCUT2D eigenvalue weighted by Gasteiger charge is -2.05. The molecule has 1 N–H and O–H groups in total. The number of carboxylic acids is 1. The molecule has 0 saturated carbocycles. The summed E-state index contributed by atoms with van der Waals surface area (Å²) in [6, 6.07) is 8.19. The van der Waals surface area contributed by atoms with Crippen LogP contribution in [0.15, 0.2) is 34.9 Å². The lowest BCUT2D eigenvalue weighted by molar-refractivity contribution is 0.0661. The van der Waals surface area contributed by atoms with E-state index in [1.807, 2.05) is 0 Å². The second kappa shape index (κ2) is 5.97. The molecule has 0 aliphatic rings. The number of aromatic carboxylic acids is 1. The van der Waals surface area contributed by atoms with E-state index < -0.39 is 5.97 Å². The van der Waals surface area contributed by atoms with Gasteiger partial charge in [-0.25, -0.2) is 4.79 Å². The molecular weight excluding hydrogens is 260 g/mol. The second-order valence-corrected chi connectivity index (χ2v) is 5.55. The van der Waals surface area contributed by atoms with Gasteiger partial charge >= 0.3 is 5.97 Å². The molecule has 1 aromatic carbocycles. The zero-order valence-corrected chi connectivity index (χ0v) is 11.8. The first-order valence-corrected chi connectivity index (χ1v) is 7.16. The molecule has 0 aliphatic carbocycles. The summed E-state index contributed by atoms with van der Waals surface area (Å²) in [4.78, 5) is 10.9. The second-order valence-electron chi connectivity index (χ2n) is 4.57. The van der Waals surface area contributed by atoms with Crippen molar-refractivity contribution in [2.45, 2.75) is 25.4 Å². The number of hydrogen-bond donors (Lipinski definition) is 1. The first-order valence-electron chi connectivity index (χ1n) is 6.01. The Kier molecular flexibility index (Phi) is 4.32. The Bertz CT molecular complexity index is 567. The minimum atomic E-state index is -1.01. The van der Waals surface area contributed by atoms with Crippen LogP contribution in [0.1, 0.15) is 32.8 Å². The van der Waals surface area contributed by atoms with Crippen molar-refractivity contribution in [3.05, 3.63) is 58.5 Å². The zero-order chi connectivity index (χ0) is 13.8. The first-order chi connectivity index (χ1) is 9.06. The largest absolute Gasteiger partial charge is 0.475 e. The molecule has 0 radical (unpaired) electrons. The maximum Gasteiger partial charge on any atom is 0.372 e. The van der Waals surface area contributed by atoms with E-state index in [1.165, 1.54) is 23.0 Å². The van der Waals surface area contributed by atoms with Crippen LogP contribution < -0.4 is 0 Å². The third kappa shape index (κ3) is 3.64. The summed E-state index contributed by atoms with van der Waals surface area (Å²) in [7, 11) is 0. The predicted molar refractivity (Wildman–Crippen MR) is 76.6 cm³/mol. The molecule has 1 heterocycles. The Hall–Kier alpha value is -1.68. The van der Waals surface area contributed by atoms with E-state index in [-0.39, 0.29) is 5.76 Å². The minimum absolute atomic E-state index is 0.0490. The molecule has 4 heteroatoms. The van der Waals surface area contributed by atoms with E-state index in [2.05, 4.69) is 32.0 Å². The van der Waals surface area contributed by atoms with Crippen molar-refractivity contribution in [3.8, 4) is 0 Å². The van der Waals surface area contributed by atoms with Crippen LogP contribution in [-0.2, 0) is 11.5 Å². The summed E-state index contributed by atoms with van der Waals surface area (Å²) >= 11 is 1.69. The van der Waals surface area contributed by atoms with E-state index in [0.717, 1.165) is 11.3 Å². The molecule has 1 aromatic heterocycles. The smallest absolute Gasteiger partial charge is 0.372 e. The van der Waals surface area contributed by atoms with Gasteiger partial charge in [-0.2, -0.15) is 11.8 Å². The average molecular weight is 276 g/mol. The number of hydrogen-bond acceptors (Lipinski definition) is 3. The maximum atomic E-state index is 10.9. The van der Waals surface area contributed by atoms with Crippen LogP contribution in [0.5, 0.6) is 0 Å². The van der Waals surface area contributed by atoms with Gasteiger partial charge in [-0.1, -0.05) is 29.3 Å². The summed E-state index contributed by atoms with van der Waals surface area (Å²) in [6.07, 6.45) is 1.43. The molecule has 0 aliphatic heterocycles. The van der Waals surface area contributed by atoms with Gasteiger partial charge < -0.3 is 9.52 Å². The molecule has 0 amide bonds. The van der Waals surface area contributed by atoms with Gasteiger partial charge in [-0.3, -0.25) is 0 Å². The van der Waals surface area contributed by atoms with Gasteiger partial charge in [0.2, 0.25) is 5.76 Å². The minimum Gasteiger partial charge on any atom is -0.475 e. The number of rotatable bonds is 5. The fourth-order valence-electron chi connectivity index (χ4n) is 2.07. The van der Waals surface area contributed by atoms with Gasteiger partial charge in [0.25, 0.3) is 0 Å². The van der Waals surface area contributed by atoms with Crippen molar-refractivity contribution < 1.29 is 14.3 Å². The van der Waals surface area contributed by atoms with Gasteiger partial charge in [-0.05, 0) is 25.5 Å². The molecule has 2 rings (SSSR count). The molecular formula is C15H16O3S. The average Bonchev–Trinajstić information content (AvgIpc) is 2.76. The third-order valence-electron chi connectivity index (χ3n) is 2.75. The van der Waals surface area contributed by atoms with Crippen molar-refractivity contribution in [2.24, 2.45) is 0 Å². The normalized spacial score (nSPS) is 10.6. The SMILES string of the molecule is Cc1cc(C)cc(CSCc2ccoc2C(=O)O)c1. The van der Waals surface area contributed by atoms with Crippen LogP contribution in [-0.4, -0.2) is 11.1 Å². The van der Waals surface area contributed by atoms with Crippen molar-refractivity contribution in [2.75, 3.05) is 0 Å². The van der Waals surface area contributed by atoms with Crippen LogP contribution in [0.2, 0.25) is 0 Å². The summed E-state index contributed by atoms with van der Waals surface area (Å²) < 4.78 is 4.95. The molecule has 0 spiro atoms. The van der Waals surface area contributed by atoms with Crippen LogP contribution in [0.4, 0.5) is 0 Å². The van der Waals surface area contributed by atoms with E-state index in [0.29, 0.717) is 5.75 Å². The van der Waals surface area contributed by atoms with E-state index >= 15 is 0 Å². The van der Waals surface area contributed by atoms with E-state index in [1.54, 1.807) is 17.8 Å². The molecule has 100 valence electrons. The van der Waals surface area contributed by atoms with Crippen LogP contribution >= 0.6 is 11.8 Å². The van der Waals surface area contributed by atoms with Crippen LogP contribution in [0.25, 0.3) is 0 Å². The highest BCUT2D eigenvalue weighted by molar-refractivity contribution is 7.97. The van der Waals surface area contributed by atoms with Crippen molar-refractivity contribution in [1.82, 2.24) is 0 Å². The number of aryl methyl sites for hydroxylation is 2. The Morgan fingerprint density at radius 3 is 2.53 bits per heavy atom. The topological polar surface area (TPSA) is 50.4 Å². The fraction of sp³-hybridized carbons (Fsp3) is 0.267. The van der Waals surface area contributed by atoms with Gasteiger partial charge in [-0.15, -0.1) is 0 Å². The molecule has 0 atom stereocenters. The molecule has 0 unspecified atom stereocenters. The number of benzene rings is 1. The summed E-state index contributed by atoms with van der Waals surface area (Å²) in [5.74, 6) is 0.553. The van der Waals surface area contributed by atoms with Gasteiger partial charge in [0, 0.05) is 17.1 Å². The van der Waals surface area contributed by atoms with Crippen molar-refractivity contribution >= 4 is 17.7 Å². The van der Waals surface area contributed by atoms with Crippen LogP contribution in [0, 0.1) is 13.8 Å². The molecule has 0 saturated heterocycles. The molecule has 0 bridgehead atoms. The highest BCUT2D eigenvalue weighted by Gasteiger charge is 2.13. The predicted octanol–water partition coefficient (Wildman–Crippen LogP) is 4.03. The third-order valence-corrected chi connectivity index (χ3v) is 3.80. The Balaban J connectivity index is 1.96. The van der Waals surface area contributed by atoms with Gasteiger partial charge in [0.1, 0.15) is 0 Å². The summed E-state index contributed by atoms with van der Waals surface area (Å²) in [5.41, 5.74) is 4.51. The standard InChI is InChI=1S/C15H16O3S/c1-10-5-11(2)7-12(6-10)8-19-9-13-3-4-18-14(13)15(16)17/h3-7H,8-9H2,1-2H3,(H,16,17). The number of thioether (sulfide) groups is 1. The quantitative estimate of drug-likeness (QED) is 0.895. The monoisotopic (exact) mass is 276 g/mol. The van der Waals surface area contributed by atoms with Gasteiger partial charge in [0.05, 0.1) is 6.26 Å². The number of furan rings is 1. The molecule has 3 nitrogen and oxygen atoms in total. The fourth-order valence-corrected chi connectivity index (χ4v) is 3.02. The number of carboxylic acid groups (broad SMARTS) is 1. The number of carbonyl (C=O) groups is 1. The Labute approximate surface area is 116 Å². The Morgan fingerprint density at radius 1 is 1.21 bits per heavy atom. The van der Waals surface area contributed by atoms with E-state index in [9.17, 15) is 4.79 Å². The summed E-state index contributed by atoms with van der Waals surface area (Å²) in [5, 5.41) is 8.94. The zero-order valence-electron chi connectivity index (χ0n) is 11.0. The molecule has 2 aromatic rings.